The Morgan fingerprint density at radius 2 is 0.340 bits per heavy atom. The highest BCUT2D eigenvalue weighted by molar-refractivity contribution is 6.21. The van der Waals surface area contributed by atoms with E-state index in [2.05, 4.69) is 408 Å². The van der Waals surface area contributed by atoms with Gasteiger partial charge in [-0.05, 0) is 137 Å². The summed E-state index contributed by atoms with van der Waals surface area (Å²) in [5.41, 5.74) is 41.6. The molecule has 0 saturated carbocycles. The second kappa shape index (κ2) is 35.3. The molecule has 25 aromatic rings. The van der Waals surface area contributed by atoms with Crippen LogP contribution in [0.3, 0.4) is 0 Å². The van der Waals surface area contributed by atoms with Crippen LogP contribution in [0.15, 0.2) is 504 Å². The molecule has 0 radical (unpaired) electrons. The highest BCUT2D eigenvalue weighted by Crippen LogP contribution is 2.58. The van der Waals surface area contributed by atoms with Crippen LogP contribution in [0, 0.1) is 0 Å². The van der Waals surface area contributed by atoms with E-state index in [9.17, 15) is 0 Å². The molecule has 6 aromatic heterocycles. The van der Waals surface area contributed by atoms with Gasteiger partial charge in [-0.2, -0.15) is 9.97 Å². The SMILES string of the molecule is c1ccc(-c2cc(-c3ccccc3)nc(-n3c(-c4ccccc4)c4c5c(cccc53)-c3ccccc3-c3ccccc3-4)n2)cc1.c1ccc(-c2nc(-c3ccccc3)nc(-c3cccc(-n4c(-c5ccccc5)c5c6c(cccc64)-c4ccccc4-c4ccccc4-5)c3)n2)cc1.c1ccc(-c2nc(-c3ccccc3)nc(-n3c(-c4ccccc4)c4c5c(cccc53)-c3ccccc3-c3ccccc3-4)n2)cc1. The predicted molar refractivity (Wildman–Crippen MR) is 576 cm³/mol. The lowest BCUT2D eigenvalue weighted by Crippen LogP contribution is -2.08. The smallest absolute Gasteiger partial charge is 0.238 e. The van der Waals surface area contributed by atoms with E-state index in [0.717, 1.165) is 106 Å². The summed E-state index contributed by atoms with van der Waals surface area (Å²) in [5, 5.41) is 3.65. The van der Waals surface area contributed by atoms with Crippen molar-refractivity contribution in [1.82, 2.24) is 53.6 Å². The minimum absolute atomic E-state index is 0.585. The molecule has 0 bridgehead atoms. The van der Waals surface area contributed by atoms with E-state index in [1.807, 2.05) is 109 Å². The van der Waals surface area contributed by atoms with Gasteiger partial charge in [-0.1, -0.05) is 467 Å². The summed E-state index contributed by atoms with van der Waals surface area (Å²) in [6.45, 7) is 0. The van der Waals surface area contributed by atoms with Crippen molar-refractivity contribution < 1.29 is 0 Å². The van der Waals surface area contributed by atoms with E-state index in [1.165, 1.54) is 116 Å². The van der Waals surface area contributed by atoms with Crippen LogP contribution in [0.25, 0.3) is 264 Å². The lowest BCUT2D eigenvalue weighted by molar-refractivity contribution is 0.938. The number of nitrogens with zero attached hydrogens (tertiary/aromatic N) is 11. The zero-order valence-corrected chi connectivity index (χ0v) is 76.3. The second-order valence-electron chi connectivity index (χ2n) is 35.4. The highest BCUT2D eigenvalue weighted by Gasteiger charge is 2.35. The molecule has 0 spiro atoms. The maximum Gasteiger partial charge on any atom is 0.238 e. The maximum absolute atomic E-state index is 5.31. The zero-order chi connectivity index (χ0) is 93.2. The Hall–Kier alpha value is -19.1. The first-order chi connectivity index (χ1) is 70.0. The number of benzene rings is 19. The minimum atomic E-state index is 0.585. The van der Waals surface area contributed by atoms with Crippen LogP contribution >= 0.6 is 0 Å². The third kappa shape index (κ3) is 14.5. The van der Waals surface area contributed by atoms with Gasteiger partial charge in [-0.3, -0.25) is 9.13 Å². The Morgan fingerprint density at radius 3 is 0.645 bits per heavy atom. The molecule has 0 atom stereocenters. The summed E-state index contributed by atoms with van der Waals surface area (Å²) in [4.78, 5) is 41.0. The molecule has 11 heteroatoms. The fourth-order valence-corrected chi connectivity index (χ4v) is 21.1. The fourth-order valence-electron chi connectivity index (χ4n) is 21.1. The van der Waals surface area contributed by atoms with Crippen LogP contribution in [0.5, 0.6) is 0 Å². The Bertz CT molecular complexity index is 8610. The topological polar surface area (TPSA) is 118 Å². The summed E-state index contributed by atoms with van der Waals surface area (Å²) in [6, 6.07) is 177. The predicted octanol–water partition coefficient (Wildman–Crippen LogP) is 32.7. The molecule has 0 amide bonds. The number of rotatable bonds is 13. The molecule has 6 heterocycles. The van der Waals surface area contributed by atoms with E-state index >= 15 is 0 Å². The standard InChI is InChI=1S/C47H30N4.C42H27N3.C41H26N4/c1-4-16-31(17-5-1)44-43-40-27-13-12-26-38(40)36-24-10-11-25-37(36)39-28-15-29-41(42(39)43)51(44)35-23-14-22-34(30-35)47-49-45(32-18-6-2-7-19-32)48-46(50-47)33-20-8-3-9-21-33;1-4-15-28(16-5-1)36-27-37(29-17-6-2-7-18-29)44-42(43-36)45-38-26-14-25-34-32-22-11-10-21-31(32)33-23-12-13-24-35(33)40(39(34)38)41(45)30-19-8-3-9-20-30;1-4-15-27(16-5-1)38-37-34-24-13-12-23-32(34)30-21-10-11-22-31(30)33-25-14-26-35(36(33)37)45(38)41-43-39(28-17-6-2-7-18-28)42-40(44-41)29-19-8-3-9-20-29/h1-30H;1-27H;1-26H. The van der Waals surface area contributed by atoms with Crippen molar-refractivity contribution in [2.75, 3.05) is 0 Å². The molecular weight excluding hydrogens is 1720 g/mol. The molecule has 0 unspecified atom stereocenters. The molecule has 19 aromatic carbocycles. The monoisotopic (exact) mass is 1800 g/mol. The van der Waals surface area contributed by atoms with E-state index in [0.29, 0.717) is 41.0 Å². The zero-order valence-electron chi connectivity index (χ0n) is 76.3. The van der Waals surface area contributed by atoms with Gasteiger partial charge in [0.25, 0.3) is 0 Å². The molecule has 11 nitrogen and oxygen atoms in total. The Labute approximate surface area is 815 Å². The summed E-state index contributed by atoms with van der Waals surface area (Å²) >= 11 is 0. The molecule has 28 rings (SSSR count). The van der Waals surface area contributed by atoms with Crippen molar-refractivity contribution in [3.8, 4) is 231 Å². The molecule has 3 aliphatic carbocycles. The van der Waals surface area contributed by atoms with Gasteiger partial charge in [-0.15, -0.1) is 0 Å². The average molecular weight is 1800 g/mol. The first-order valence-corrected chi connectivity index (χ1v) is 47.6. The van der Waals surface area contributed by atoms with Crippen LogP contribution in [0.4, 0.5) is 0 Å². The largest absolute Gasteiger partial charge is 0.309 e. The van der Waals surface area contributed by atoms with Gasteiger partial charge in [0.15, 0.2) is 29.1 Å². The first-order valence-electron chi connectivity index (χ1n) is 47.6. The van der Waals surface area contributed by atoms with Crippen molar-refractivity contribution >= 4 is 32.7 Å². The number of aromatic nitrogens is 11. The lowest BCUT2D eigenvalue weighted by Gasteiger charge is -2.17. The van der Waals surface area contributed by atoms with Gasteiger partial charge in [0.05, 0.1) is 45.0 Å². The van der Waals surface area contributed by atoms with Crippen molar-refractivity contribution in [2.45, 2.75) is 0 Å². The number of hydrogen-bond donors (Lipinski definition) is 0. The number of fused-ring (bicyclic) bond motifs is 15. The minimum Gasteiger partial charge on any atom is -0.309 e. The summed E-state index contributed by atoms with van der Waals surface area (Å²) in [5.74, 6) is 4.42. The fraction of sp³-hybridized carbons (Fsp3) is 0. The van der Waals surface area contributed by atoms with E-state index in [1.54, 1.807) is 0 Å². The summed E-state index contributed by atoms with van der Waals surface area (Å²) < 4.78 is 6.96. The lowest BCUT2D eigenvalue weighted by atomic mass is 9.93. The maximum atomic E-state index is 5.31. The van der Waals surface area contributed by atoms with Crippen molar-refractivity contribution in [3.05, 3.63) is 504 Å². The molecule has 0 N–H and O–H groups in total. The third-order valence-electron chi connectivity index (χ3n) is 27.2. The second-order valence-corrected chi connectivity index (χ2v) is 35.4. The van der Waals surface area contributed by atoms with Crippen LogP contribution in [0.1, 0.15) is 0 Å². The van der Waals surface area contributed by atoms with Crippen LogP contribution in [0.2, 0.25) is 0 Å². The van der Waals surface area contributed by atoms with E-state index in [-0.39, 0.29) is 0 Å². The number of hydrogen-bond acceptors (Lipinski definition) is 8. The van der Waals surface area contributed by atoms with Gasteiger partial charge in [-0.25, -0.2) is 29.9 Å². The van der Waals surface area contributed by atoms with Gasteiger partial charge < -0.3 is 4.57 Å². The molecular formula is C130H83N11. The van der Waals surface area contributed by atoms with E-state index in [4.69, 9.17) is 39.9 Å². The molecule has 658 valence electrons. The molecule has 0 saturated heterocycles. The normalized spacial score (nSPS) is 11.5. The van der Waals surface area contributed by atoms with Crippen molar-refractivity contribution in [1.29, 1.82) is 0 Å². The average Bonchev–Trinajstić information content (AvgIpc) is 1.56. The van der Waals surface area contributed by atoms with Gasteiger partial charge in [0.1, 0.15) is 0 Å². The molecule has 3 aliphatic rings. The molecule has 141 heavy (non-hydrogen) atoms. The Kier molecular flexibility index (Phi) is 20.7. The van der Waals surface area contributed by atoms with Crippen LogP contribution in [-0.4, -0.2) is 53.6 Å². The Morgan fingerprint density at radius 1 is 0.135 bits per heavy atom. The van der Waals surface area contributed by atoms with Crippen molar-refractivity contribution in [2.24, 2.45) is 0 Å². The van der Waals surface area contributed by atoms with Gasteiger partial charge >= 0.3 is 0 Å². The van der Waals surface area contributed by atoms with Crippen molar-refractivity contribution in [3.63, 3.8) is 0 Å². The van der Waals surface area contributed by atoms with Crippen LogP contribution in [-0.2, 0) is 0 Å². The third-order valence-corrected chi connectivity index (χ3v) is 27.2. The summed E-state index contributed by atoms with van der Waals surface area (Å²) in [7, 11) is 0. The molecule has 0 aliphatic heterocycles. The van der Waals surface area contributed by atoms with Gasteiger partial charge in [0, 0.05) is 77.5 Å². The summed E-state index contributed by atoms with van der Waals surface area (Å²) in [6.07, 6.45) is 0. The quantitative estimate of drug-likeness (QED) is 0.112. The Balaban J connectivity index is 0.000000109. The van der Waals surface area contributed by atoms with Gasteiger partial charge in [0.2, 0.25) is 11.9 Å². The highest BCUT2D eigenvalue weighted by atomic mass is 15.2. The van der Waals surface area contributed by atoms with Crippen LogP contribution < -0.4 is 0 Å². The van der Waals surface area contributed by atoms with E-state index < -0.39 is 0 Å². The first kappa shape index (κ1) is 82.6. The molecule has 0 fully saturated rings.